The van der Waals surface area contributed by atoms with Gasteiger partial charge in [0.25, 0.3) is 5.91 Å². The van der Waals surface area contributed by atoms with E-state index in [1.807, 2.05) is 78.2 Å². The lowest BCUT2D eigenvalue weighted by Gasteiger charge is -2.49. The maximum atomic E-state index is 13.6. The second-order valence-corrected chi connectivity index (χ2v) is 10.9. The Morgan fingerprint density at radius 1 is 1.03 bits per heavy atom. The van der Waals surface area contributed by atoms with Gasteiger partial charge in [0.05, 0.1) is 6.42 Å². The number of thiol groups is 1. The van der Waals surface area contributed by atoms with E-state index in [0.29, 0.717) is 11.5 Å². The number of benzene rings is 2. The number of thiophene rings is 1. The number of fused-ring (bicyclic) bond motifs is 1. The van der Waals surface area contributed by atoms with E-state index in [9.17, 15) is 14.4 Å². The maximum Gasteiger partial charge on any atom is 0.356 e. The number of esters is 1. The van der Waals surface area contributed by atoms with E-state index in [2.05, 4.69) is 17.9 Å². The van der Waals surface area contributed by atoms with Crippen LogP contribution in [0.3, 0.4) is 0 Å². The van der Waals surface area contributed by atoms with Crippen molar-refractivity contribution < 1.29 is 19.1 Å². The Kier molecular flexibility index (Phi) is 7.50. The van der Waals surface area contributed by atoms with E-state index in [1.165, 1.54) is 28.0 Å². The van der Waals surface area contributed by atoms with E-state index in [1.54, 1.807) is 0 Å². The zero-order chi connectivity index (χ0) is 25.1. The van der Waals surface area contributed by atoms with Crippen molar-refractivity contribution in [2.75, 3.05) is 11.5 Å². The van der Waals surface area contributed by atoms with Crippen LogP contribution < -0.4 is 5.32 Å². The number of β-lactam (4-membered cyclic amide) rings is 1. The Balaban J connectivity index is 1.36. The Bertz CT molecular complexity index is 1240. The molecule has 2 aliphatic heterocycles. The molecule has 0 radical (unpaired) electrons. The third-order valence-corrected chi connectivity index (χ3v) is 8.69. The molecule has 9 heteroatoms. The molecule has 1 N–H and O–H groups in total. The van der Waals surface area contributed by atoms with Gasteiger partial charge in [-0.15, -0.1) is 23.1 Å². The summed E-state index contributed by atoms with van der Waals surface area (Å²) in [7, 11) is 0. The molecule has 0 aliphatic carbocycles. The molecular weight excluding hydrogens is 513 g/mol. The highest BCUT2D eigenvalue weighted by molar-refractivity contribution is 8.00. The summed E-state index contributed by atoms with van der Waals surface area (Å²) in [4.78, 5) is 41.7. The van der Waals surface area contributed by atoms with Crippen LogP contribution in [0.15, 0.2) is 89.4 Å². The molecule has 6 nitrogen and oxygen atoms in total. The maximum absolute atomic E-state index is 13.6. The molecule has 2 atom stereocenters. The predicted octanol–water partition coefficient (Wildman–Crippen LogP) is 4.21. The van der Waals surface area contributed by atoms with Gasteiger partial charge in [0.1, 0.15) is 17.1 Å². The van der Waals surface area contributed by atoms with E-state index in [4.69, 9.17) is 4.74 Å². The van der Waals surface area contributed by atoms with Gasteiger partial charge in [0.15, 0.2) is 6.10 Å². The van der Waals surface area contributed by atoms with Crippen molar-refractivity contribution in [2.24, 2.45) is 0 Å². The van der Waals surface area contributed by atoms with Crippen molar-refractivity contribution >= 4 is 53.5 Å². The van der Waals surface area contributed by atoms with Crippen LogP contribution in [-0.4, -0.2) is 45.6 Å². The van der Waals surface area contributed by atoms with Crippen LogP contribution in [0.4, 0.5) is 0 Å². The number of hydrogen-bond acceptors (Lipinski definition) is 7. The second-order valence-electron chi connectivity index (χ2n) is 8.43. The third-order valence-electron chi connectivity index (χ3n) is 6.09. The third kappa shape index (κ3) is 4.96. The summed E-state index contributed by atoms with van der Waals surface area (Å²) in [5, 5.41) is 4.40. The molecule has 5 rings (SSSR count). The van der Waals surface area contributed by atoms with E-state index < -0.39 is 18.1 Å². The molecular formula is C27H24N2O4S3. The molecule has 1 fully saturated rings. The van der Waals surface area contributed by atoms with E-state index >= 15 is 0 Å². The SMILES string of the molecule is O=C(Cc1cccs1)N[C@@H]1C(=O)N2C(C(=O)OC(c3ccccc3)c3ccccc3)=C(CS)CS[C@@H]12. The first-order valence-corrected chi connectivity index (χ1v) is 14.0. The second kappa shape index (κ2) is 10.9. The standard InChI is InChI=1S/C27H24N2O4S3/c30-21(14-20-12-7-13-35-20)28-22-25(31)29-23(19(15-34)16-36-26(22)29)27(32)33-24(17-8-3-1-4-9-17)18-10-5-2-6-11-18/h1-13,22,24,26,34H,14-16H2,(H,28,30)/t22-,26+/m1/s1. The predicted molar refractivity (Wildman–Crippen MR) is 145 cm³/mol. The van der Waals surface area contributed by atoms with Gasteiger partial charge in [-0.3, -0.25) is 14.5 Å². The topological polar surface area (TPSA) is 75.7 Å². The zero-order valence-corrected chi connectivity index (χ0v) is 21.7. The van der Waals surface area contributed by atoms with Crippen molar-refractivity contribution in [1.82, 2.24) is 10.2 Å². The van der Waals surface area contributed by atoms with Crippen molar-refractivity contribution in [3.05, 3.63) is 105 Å². The van der Waals surface area contributed by atoms with Crippen molar-refractivity contribution in [3.8, 4) is 0 Å². The molecule has 0 saturated carbocycles. The summed E-state index contributed by atoms with van der Waals surface area (Å²) in [5.74, 6) is -0.240. The number of rotatable bonds is 8. The van der Waals surface area contributed by atoms with Crippen LogP contribution in [0.2, 0.25) is 0 Å². The Labute approximate surface area is 223 Å². The molecule has 1 saturated heterocycles. The summed E-state index contributed by atoms with van der Waals surface area (Å²) in [5.41, 5.74) is 2.64. The average Bonchev–Trinajstić information content (AvgIpc) is 3.43. The highest BCUT2D eigenvalue weighted by Gasteiger charge is 2.54. The number of amides is 2. The molecule has 1 aromatic heterocycles. The fourth-order valence-corrected chi connectivity index (χ4v) is 6.80. The number of nitrogens with zero attached hydrogens (tertiary/aromatic N) is 1. The molecule has 184 valence electrons. The smallest absolute Gasteiger partial charge is 0.356 e. The van der Waals surface area contributed by atoms with Crippen molar-refractivity contribution in [1.29, 1.82) is 0 Å². The number of thioether (sulfide) groups is 1. The molecule has 36 heavy (non-hydrogen) atoms. The van der Waals surface area contributed by atoms with Gasteiger partial charge < -0.3 is 10.1 Å². The number of ether oxygens (including phenoxy) is 1. The lowest BCUT2D eigenvalue weighted by atomic mass is 10.0. The van der Waals surface area contributed by atoms with Gasteiger partial charge in [-0.1, -0.05) is 66.7 Å². The van der Waals surface area contributed by atoms with E-state index in [0.717, 1.165) is 21.6 Å². The van der Waals surface area contributed by atoms with Crippen LogP contribution >= 0.6 is 35.7 Å². The van der Waals surface area contributed by atoms with Gasteiger partial charge in [-0.25, -0.2) is 4.79 Å². The highest BCUT2D eigenvalue weighted by atomic mass is 32.2. The minimum Gasteiger partial charge on any atom is -0.448 e. The molecule has 3 aromatic rings. The van der Waals surface area contributed by atoms with Crippen LogP contribution in [-0.2, 0) is 25.5 Å². The van der Waals surface area contributed by atoms with Gasteiger partial charge in [0, 0.05) is 16.4 Å². The van der Waals surface area contributed by atoms with Crippen LogP contribution in [0.5, 0.6) is 0 Å². The Hall–Kier alpha value is -3.01. The van der Waals surface area contributed by atoms with Crippen molar-refractivity contribution in [2.45, 2.75) is 23.9 Å². The highest BCUT2D eigenvalue weighted by Crippen LogP contribution is 2.41. The minimum atomic E-state index is -0.675. The zero-order valence-electron chi connectivity index (χ0n) is 19.2. The number of hydrogen-bond donors (Lipinski definition) is 2. The summed E-state index contributed by atoms with van der Waals surface area (Å²) in [6, 6.07) is 22.1. The molecule has 2 amide bonds. The van der Waals surface area contributed by atoms with Gasteiger partial charge in [-0.05, 0) is 28.1 Å². The number of nitrogens with one attached hydrogen (secondary N) is 1. The molecule has 2 aromatic carbocycles. The first kappa shape index (κ1) is 24.7. The van der Waals surface area contributed by atoms with E-state index in [-0.39, 0.29) is 29.3 Å². The first-order chi connectivity index (χ1) is 17.6. The molecule has 0 spiro atoms. The van der Waals surface area contributed by atoms with Gasteiger partial charge in [0.2, 0.25) is 5.91 Å². The number of carbonyl (C=O) groups excluding carboxylic acids is 3. The summed E-state index contributed by atoms with van der Waals surface area (Å²) in [6.07, 6.45) is -0.402. The Morgan fingerprint density at radius 3 is 2.28 bits per heavy atom. The summed E-state index contributed by atoms with van der Waals surface area (Å²) < 4.78 is 6.06. The summed E-state index contributed by atoms with van der Waals surface area (Å²) >= 11 is 7.43. The molecule has 3 heterocycles. The normalized spacial score (nSPS) is 19.1. The van der Waals surface area contributed by atoms with Crippen LogP contribution in [0, 0.1) is 0 Å². The quantitative estimate of drug-likeness (QED) is 0.256. The summed E-state index contributed by atoms with van der Waals surface area (Å²) in [6.45, 7) is 0. The van der Waals surface area contributed by atoms with Gasteiger partial charge >= 0.3 is 5.97 Å². The van der Waals surface area contributed by atoms with Crippen molar-refractivity contribution in [3.63, 3.8) is 0 Å². The fourth-order valence-electron chi connectivity index (χ4n) is 4.34. The first-order valence-electron chi connectivity index (χ1n) is 11.5. The molecule has 2 aliphatic rings. The lowest BCUT2D eigenvalue weighted by Crippen LogP contribution is -2.70. The minimum absolute atomic E-state index is 0.211. The molecule has 0 unspecified atom stereocenters. The Morgan fingerprint density at radius 2 is 1.69 bits per heavy atom. The van der Waals surface area contributed by atoms with Crippen LogP contribution in [0.25, 0.3) is 0 Å². The van der Waals surface area contributed by atoms with Crippen LogP contribution in [0.1, 0.15) is 22.1 Å². The largest absolute Gasteiger partial charge is 0.448 e. The van der Waals surface area contributed by atoms with Gasteiger partial charge in [-0.2, -0.15) is 12.6 Å². The lowest BCUT2D eigenvalue weighted by molar-refractivity contribution is -0.154. The fraction of sp³-hybridized carbons (Fsp3) is 0.222. The average molecular weight is 537 g/mol. The molecule has 0 bridgehead atoms. The number of carbonyl (C=O) groups is 3. The monoisotopic (exact) mass is 536 g/mol.